The van der Waals surface area contributed by atoms with Gasteiger partial charge in [-0.3, -0.25) is 8.37 Å². The molecule has 0 aromatic heterocycles. The van der Waals surface area contributed by atoms with E-state index in [-0.39, 0.29) is 13.2 Å². The molecule has 0 aliphatic rings. The van der Waals surface area contributed by atoms with Gasteiger partial charge in [0.25, 0.3) is 20.2 Å². The van der Waals surface area contributed by atoms with Crippen LogP contribution in [-0.4, -0.2) is 42.6 Å². The van der Waals surface area contributed by atoms with Crippen LogP contribution in [0.4, 0.5) is 0 Å². The van der Waals surface area contributed by atoms with Crippen LogP contribution in [0.15, 0.2) is 12.2 Å². The third-order valence-electron chi connectivity index (χ3n) is 1.33. The van der Waals surface area contributed by atoms with Gasteiger partial charge in [-0.1, -0.05) is 12.2 Å². The second-order valence-corrected chi connectivity index (χ2v) is 6.39. The lowest BCUT2D eigenvalue weighted by Crippen LogP contribution is -2.03. The Bertz CT molecular complexity index is 366. The Morgan fingerprint density at radius 3 is 1.38 bits per heavy atom. The minimum absolute atomic E-state index is 0.0856. The van der Waals surface area contributed by atoms with Crippen molar-refractivity contribution in [1.82, 2.24) is 0 Å². The summed E-state index contributed by atoms with van der Waals surface area (Å²) >= 11 is 0. The third-order valence-corrected chi connectivity index (χ3v) is 2.52. The van der Waals surface area contributed by atoms with E-state index in [1.165, 1.54) is 0 Å². The molecule has 0 fully saturated rings. The van der Waals surface area contributed by atoms with Gasteiger partial charge in [0.05, 0.1) is 25.7 Å². The van der Waals surface area contributed by atoms with Gasteiger partial charge in [0, 0.05) is 0 Å². The van der Waals surface area contributed by atoms with E-state index in [1.807, 2.05) is 0 Å². The summed E-state index contributed by atoms with van der Waals surface area (Å²) < 4.78 is 51.1. The maximum atomic E-state index is 10.5. The first-order chi connectivity index (χ1) is 7.21. The Morgan fingerprint density at radius 2 is 1.12 bits per heavy atom. The highest BCUT2D eigenvalue weighted by Gasteiger charge is 1.99. The maximum Gasteiger partial charge on any atom is 0.264 e. The van der Waals surface area contributed by atoms with Crippen molar-refractivity contribution in [2.45, 2.75) is 12.8 Å². The van der Waals surface area contributed by atoms with Crippen LogP contribution in [0.1, 0.15) is 12.8 Å². The number of hydrogen-bond acceptors (Lipinski definition) is 6. The normalized spacial score (nSPS) is 13.4. The molecular weight excluding hydrogens is 256 g/mol. The second-order valence-electron chi connectivity index (χ2n) is 3.10. The molecule has 6 nitrogen and oxygen atoms in total. The topological polar surface area (TPSA) is 86.7 Å². The molecule has 8 heteroatoms. The van der Waals surface area contributed by atoms with Crippen LogP contribution in [-0.2, 0) is 28.6 Å². The van der Waals surface area contributed by atoms with Crippen molar-refractivity contribution in [2.24, 2.45) is 0 Å². The van der Waals surface area contributed by atoms with Crippen LogP contribution >= 0.6 is 0 Å². The lowest BCUT2D eigenvalue weighted by molar-refractivity contribution is 0.324. The molecule has 0 aliphatic carbocycles. The van der Waals surface area contributed by atoms with E-state index in [0.717, 1.165) is 12.5 Å². The summed E-state index contributed by atoms with van der Waals surface area (Å²) in [4.78, 5) is 0. The molecule has 0 heterocycles. The summed E-state index contributed by atoms with van der Waals surface area (Å²) in [5, 5.41) is 0. The van der Waals surface area contributed by atoms with Crippen molar-refractivity contribution in [3.05, 3.63) is 12.2 Å². The zero-order chi connectivity index (χ0) is 12.7. The summed E-state index contributed by atoms with van der Waals surface area (Å²) in [7, 11) is -6.76. The molecule has 0 rings (SSSR count). The number of hydrogen-bond donors (Lipinski definition) is 0. The molecule has 0 unspecified atom stereocenters. The SMILES string of the molecule is CS(=O)(=O)OCCC=CCCOS(C)(=O)=O. The molecule has 0 aliphatic heterocycles. The molecular formula is C8H16O6S2. The van der Waals surface area contributed by atoms with Gasteiger partial charge in [0.15, 0.2) is 0 Å². The molecule has 0 spiro atoms. The van der Waals surface area contributed by atoms with Gasteiger partial charge < -0.3 is 0 Å². The lowest BCUT2D eigenvalue weighted by atomic mass is 10.3. The largest absolute Gasteiger partial charge is 0.270 e. The fraction of sp³-hybridized carbons (Fsp3) is 0.750. The van der Waals surface area contributed by atoms with Gasteiger partial charge in [0.2, 0.25) is 0 Å². The highest BCUT2D eigenvalue weighted by Crippen LogP contribution is 1.94. The van der Waals surface area contributed by atoms with Crippen LogP contribution in [0.5, 0.6) is 0 Å². The predicted octanol–water partition coefficient (Wildman–Crippen LogP) is 0.275. The molecule has 0 aromatic rings. The standard InChI is InChI=1S/C8H16O6S2/c1-15(9,10)13-7-5-3-4-6-8-14-16(2,11)12/h3-4H,5-8H2,1-2H3. The lowest BCUT2D eigenvalue weighted by Gasteiger charge is -1.98. The second kappa shape index (κ2) is 7.00. The Hall–Kier alpha value is -0.440. The van der Waals surface area contributed by atoms with E-state index >= 15 is 0 Å². The molecule has 0 bridgehead atoms. The monoisotopic (exact) mass is 272 g/mol. The van der Waals surface area contributed by atoms with Crippen LogP contribution in [0.3, 0.4) is 0 Å². The minimum Gasteiger partial charge on any atom is -0.270 e. The molecule has 16 heavy (non-hydrogen) atoms. The third kappa shape index (κ3) is 13.6. The Morgan fingerprint density at radius 1 is 0.812 bits per heavy atom. The van der Waals surface area contributed by atoms with E-state index in [4.69, 9.17) is 0 Å². The summed E-state index contributed by atoms with van der Waals surface area (Å²) in [6, 6.07) is 0. The molecule has 0 radical (unpaired) electrons. The van der Waals surface area contributed by atoms with Crippen LogP contribution < -0.4 is 0 Å². The molecule has 0 saturated carbocycles. The summed E-state index contributed by atoms with van der Waals surface area (Å²) in [6.45, 7) is 0.171. The highest BCUT2D eigenvalue weighted by molar-refractivity contribution is 7.86. The predicted molar refractivity (Wildman–Crippen MR) is 60.0 cm³/mol. The fourth-order valence-corrected chi connectivity index (χ4v) is 1.57. The smallest absolute Gasteiger partial charge is 0.264 e. The van der Waals surface area contributed by atoms with Gasteiger partial charge in [-0.25, -0.2) is 0 Å². The van der Waals surface area contributed by atoms with Crippen molar-refractivity contribution in [3.63, 3.8) is 0 Å². The quantitative estimate of drug-likeness (QED) is 0.358. The summed E-state index contributed by atoms with van der Waals surface area (Å²) in [5.74, 6) is 0. The van der Waals surface area contributed by atoms with Crippen molar-refractivity contribution in [3.8, 4) is 0 Å². The van der Waals surface area contributed by atoms with Crippen molar-refractivity contribution < 1.29 is 25.2 Å². The molecule has 0 amide bonds. The van der Waals surface area contributed by atoms with Crippen LogP contribution in [0.25, 0.3) is 0 Å². The van der Waals surface area contributed by atoms with E-state index in [1.54, 1.807) is 12.2 Å². The van der Waals surface area contributed by atoms with E-state index in [2.05, 4.69) is 8.37 Å². The van der Waals surface area contributed by atoms with Crippen LogP contribution in [0.2, 0.25) is 0 Å². The minimum atomic E-state index is -3.38. The van der Waals surface area contributed by atoms with E-state index < -0.39 is 20.2 Å². The first kappa shape index (κ1) is 15.6. The zero-order valence-electron chi connectivity index (χ0n) is 9.25. The van der Waals surface area contributed by atoms with Gasteiger partial charge in [-0.15, -0.1) is 0 Å². The van der Waals surface area contributed by atoms with Crippen LogP contribution in [0, 0.1) is 0 Å². The maximum absolute atomic E-state index is 10.5. The first-order valence-electron chi connectivity index (χ1n) is 4.54. The molecule has 0 aromatic carbocycles. The van der Waals surface area contributed by atoms with Gasteiger partial charge in [-0.2, -0.15) is 16.8 Å². The van der Waals surface area contributed by atoms with E-state index in [0.29, 0.717) is 12.8 Å². The van der Waals surface area contributed by atoms with Gasteiger partial charge >= 0.3 is 0 Å². The van der Waals surface area contributed by atoms with Gasteiger partial charge in [0.1, 0.15) is 0 Å². The summed E-state index contributed by atoms with van der Waals surface area (Å²) in [5.41, 5.74) is 0. The van der Waals surface area contributed by atoms with Crippen molar-refractivity contribution in [2.75, 3.05) is 25.7 Å². The van der Waals surface area contributed by atoms with E-state index in [9.17, 15) is 16.8 Å². The molecule has 0 atom stereocenters. The fourth-order valence-electron chi connectivity index (χ4n) is 0.771. The Kier molecular flexibility index (Phi) is 6.81. The molecule has 96 valence electrons. The highest BCUT2D eigenvalue weighted by atomic mass is 32.2. The average molecular weight is 272 g/mol. The first-order valence-corrected chi connectivity index (χ1v) is 8.18. The van der Waals surface area contributed by atoms with Crippen molar-refractivity contribution >= 4 is 20.2 Å². The summed E-state index contributed by atoms with van der Waals surface area (Å²) in [6.07, 6.45) is 6.28. The van der Waals surface area contributed by atoms with Crippen molar-refractivity contribution in [1.29, 1.82) is 0 Å². The zero-order valence-corrected chi connectivity index (χ0v) is 10.9. The average Bonchev–Trinajstić information content (AvgIpc) is 2.06. The Balaban J connectivity index is 3.50. The Labute approximate surface area is 96.5 Å². The molecule has 0 N–H and O–H groups in total. The van der Waals surface area contributed by atoms with Gasteiger partial charge in [-0.05, 0) is 12.8 Å². The molecule has 0 saturated heterocycles. The number of rotatable bonds is 8.